The number of halogens is 1. The molecule has 0 saturated carbocycles. The van der Waals surface area contributed by atoms with E-state index >= 15 is 0 Å². The van der Waals surface area contributed by atoms with Crippen LogP contribution in [0.25, 0.3) is 0 Å². The van der Waals surface area contributed by atoms with Gasteiger partial charge >= 0.3 is 0 Å². The summed E-state index contributed by atoms with van der Waals surface area (Å²) >= 11 is 5.94. The standard InChI is InChI=1S/C14H19ClN2O/c1-11(2)10-18-7-3-6-17-13-5-4-12(9-16)14(15)8-13/h4-5,8,11,17H,3,6-7,10H2,1-2H3. The molecule has 1 aromatic carbocycles. The Morgan fingerprint density at radius 3 is 2.83 bits per heavy atom. The van der Waals surface area contributed by atoms with Gasteiger partial charge in [-0.2, -0.15) is 5.26 Å². The van der Waals surface area contributed by atoms with Gasteiger partial charge in [0, 0.05) is 25.4 Å². The number of anilines is 1. The second-order valence-corrected chi connectivity index (χ2v) is 4.96. The third-order valence-electron chi connectivity index (χ3n) is 2.34. The van der Waals surface area contributed by atoms with Crippen LogP contribution in [0.4, 0.5) is 5.69 Å². The lowest BCUT2D eigenvalue weighted by atomic mass is 10.2. The van der Waals surface area contributed by atoms with Crippen molar-refractivity contribution in [2.75, 3.05) is 25.1 Å². The maximum atomic E-state index is 8.76. The summed E-state index contributed by atoms with van der Waals surface area (Å²) in [6, 6.07) is 7.39. The van der Waals surface area contributed by atoms with Crippen LogP contribution in [0, 0.1) is 17.2 Å². The monoisotopic (exact) mass is 266 g/mol. The number of nitriles is 1. The fraction of sp³-hybridized carbons (Fsp3) is 0.500. The molecule has 0 bridgehead atoms. The van der Waals surface area contributed by atoms with Gasteiger partial charge in [0.15, 0.2) is 0 Å². The van der Waals surface area contributed by atoms with Crippen molar-refractivity contribution < 1.29 is 4.74 Å². The van der Waals surface area contributed by atoms with E-state index in [1.54, 1.807) is 12.1 Å². The van der Waals surface area contributed by atoms with E-state index < -0.39 is 0 Å². The van der Waals surface area contributed by atoms with E-state index in [2.05, 4.69) is 19.2 Å². The molecular weight excluding hydrogens is 248 g/mol. The molecular formula is C14H19ClN2O. The lowest BCUT2D eigenvalue weighted by Crippen LogP contribution is -2.08. The summed E-state index contributed by atoms with van der Waals surface area (Å²) in [4.78, 5) is 0. The normalized spacial score (nSPS) is 10.4. The average molecular weight is 267 g/mol. The van der Waals surface area contributed by atoms with Crippen LogP contribution in [0.5, 0.6) is 0 Å². The minimum Gasteiger partial charge on any atom is -0.385 e. The zero-order chi connectivity index (χ0) is 13.4. The average Bonchev–Trinajstić information content (AvgIpc) is 2.33. The van der Waals surface area contributed by atoms with Crippen LogP contribution in [0.2, 0.25) is 5.02 Å². The Balaban J connectivity index is 2.24. The quantitative estimate of drug-likeness (QED) is 0.766. The zero-order valence-corrected chi connectivity index (χ0v) is 11.6. The van der Waals surface area contributed by atoms with Gasteiger partial charge in [-0.25, -0.2) is 0 Å². The molecule has 1 rings (SSSR count). The molecule has 0 aliphatic rings. The van der Waals surface area contributed by atoms with Gasteiger partial charge in [0.2, 0.25) is 0 Å². The van der Waals surface area contributed by atoms with E-state index in [-0.39, 0.29) is 0 Å². The van der Waals surface area contributed by atoms with Crippen LogP contribution in [0.1, 0.15) is 25.8 Å². The van der Waals surface area contributed by atoms with Crippen molar-refractivity contribution in [2.45, 2.75) is 20.3 Å². The number of nitrogens with zero attached hydrogens (tertiary/aromatic N) is 1. The minimum absolute atomic E-state index is 0.485. The Hall–Kier alpha value is -1.24. The zero-order valence-electron chi connectivity index (χ0n) is 10.9. The van der Waals surface area contributed by atoms with Gasteiger partial charge in [0.05, 0.1) is 10.6 Å². The summed E-state index contributed by atoms with van der Waals surface area (Å²) in [6.45, 7) is 6.67. The number of hydrogen-bond donors (Lipinski definition) is 1. The molecule has 1 N–H and O–H groups in total. The second kappa shape index (κ2) is 7.97. The fourth-order valence-corrected chi connectivity index (χ4v) is 1.66. The molecule has 4 heteroatoms. The smallest absolute Gasteiger partial charge is 0.101 e. The van der Waals surface area contributed by atoms with Gasteiger partial charge in [-0.1, -0.05) is 25.4 Å². The molecule has 0 spiro atoms. The van der Waals surface area contributed by atoms with Gasteiger partial charge in [-0.05, 0) is 30.5 Å². The highest BCUT2D eigenvalue weighted by atomic mass is 35.5. The first-order valence-electron chi connectivity index (χ1n) is 6.14. The third-order valence-corrected chi connectivity index (χ3v) is 2.65. The van der Waals surface area contributed by atoms with E-state index in [0.29, 0.717) is 16.5 Å². The largest absolute Gasteiger partial charge is 0.385 e. The Bertz CT molecular complexity index is 413. The van der Waals surface area contributed by atoms with Crippen LogP contribution in [-0.2, 0) is 4.74 Å². The van der Waals surface area contributed by atoms with Crippen molar-refractivity contribution in [2.24, 2.45) is 5.92 Å². The van der Waals surface area contributed by atoms with Crippen LogP contribution in [0.15, 0.2) is 18.2 Å². The van der Waals surface area contributed by atoms with Gasteiger partial charge in [-0.15, -0.1) is 0 Å². The van der Waals surface area contributed by atoms with E-state index in [0.717, 1.165) is 31.9 Å². The Morgan fingerprint density at radius 2 is 2.22 bits per heavy atom. The first kappa shape index (κ1) is 14.8. The van der Waals surface area contributed by atoms with Gasteiger partial charge in [0.25, 0.3) is 0 Å². The SMILES string of the molecule is CC(C)COCCCNc1ccc(C#N)c(Cl)c1. The lowest BCUT2D eigenvalue weighted by Gasteiger charge is -2.09. The van der Waals surface area contributed by atoms with Crippen LogP contribution >= 0.6 is 11.6 Å². The molecule has 0 aromatic heterocycles. The molecule has 1 aromatic rings. The van der Waals surface area contributed by atoms with Gasteiger partial charge in [-0.3, -0.25) is 0 Å². The van der Waals surface area contributed by atoms with Crippen LogP contribution < -0.4 is 5.32 Å². The van der Waals surface area contributed by atoms with E-state index in [9.17, 15) is 0 Å². The molecule has 98 valence electrons. The molecule has 0 unspecified atom stereocenters. The third kappa shape index (κ3) is 5.39. The number of nitrogens with one attached hydrogen (secondary N) is 1. The summed E-state index contributed by atoms with van der Waals surface area (Å²) in [5, 5.41) is 12.5. The van der Waals surface area contributed by atoms with Gasteiger partial charge < -0.3 is 10.1 Å². The van der Waals surface area contributed by atoms with E-state index in [1.807, 2.05) is 12.1 Å². The Kier molecular flexibility index (Phi) is 6.56. The molecule has 0 aliphatic carbocycles. The summed E-state index contributed by atoms with van der Waals surface area (Å²) in [5.74, 6) is 0.579. The number of benzene rings is 1. The molecule has 0 atom stereocenters. The highest BCUT2D eigenvalue weighted by Crippen LogP contribution is 2.19. The molecule has 3 nitrogen and oxygen atoms in total. The second-order valence-electron chi connectivity index (χ2n) is 4.56. The maximum Gasteiger partial charge on any atom is 0.101 e. The summed E-state index contributed by atoms with van der Waals surface area (Å²) < 4.78 is 5.48. The predicted molar refractivity (Wildman–Crippen MR) is 74.9 cm³/mol. The molecule has 0 amide bonds. The first-order chi connectivity index (χ1) is 8.63. The van der Waals surface area contributed by atoms with Crippen molar-refractivity contribution >= 4 is 17.3 Å². The highest BCUT2D eigenvalue weighted by molar-refractivity contribution is 6.32. The molecule has 18 heavy (non-hydrogen) atoms. The first-order valence-corrected chi connectivity index (χ1v) is 6.52. The molecule has 0 radical (unpaired) electrons. The Labute approximate surface area is 114 Å². The van der Waals surface area contributed by atoms with Crippen molar-refractivity contribution in [1.82, 2.24) is 0 Å². The maximum absolute atomic E-state index is 8.76. The van der Waals surface area contributed by atoms with Crippen molar-refractivity contribution in [3.05, 3.63) is 28.8 Å². The molecule has 0 heterocycles. The number of ether oxygens (including phenoxy) is 1. The van der Waals surface area contributed by atoms with Crippen molar-refractivity contribution in [3.8, 4) is 6.07 Å². The summed E-state index contributed by atoms with van der Waals surface area (Å²) in [5.41, 5.74) is 1.44. The highest BCUT2D eigenvalue weighted by Gasteiger charge is 2.00. The van der Waals surface area contributed by atoms with Crippen molar-refractivity contribution in [3.63, 3.8) is 0 Å². The fourth-order valence-electron chi connectivity index (χ4n) is 1.44. The van der Waals surface area contributed by atoms with Gasteiger partial charge in [0.1, 0.15) is 6.07 Å². The lowest BCUT2D eigenvalue weighted by molar-refractivity contribution is 0.110. The minimum atomic E-state index is 0.485. The molecule has 0 aliphatic heterocycles. The number of hydrogen-bond acceptors (Lipinski definition) is 3. The van der Waals surface area contributed by atoms with Crippen LogP contribution in [-0.4, -0.2) is 19.8 Å². The van der Waals surface area contributed by atoms with E-state index in [4.69, 9.17) is 21.6 Å². The molecule has 0 fully saturated rings. The summed E-state index contributed by atoms with van der Waals surface area (Å²) in [6.07, 6.45) is 0.949. The summed E-state index contributed by atoms with van der Waals surface area (Å²) in [7, 11) is 0. The Morgan fingerprint density at radius 1 is 1.44 bits per heavy atom. The predicted octanol–water partition coefficient (Wildman–Crippen LogP) is 3.69. The topological polar surface area (TPSA) is 45.0 Å². The number of rotatable bonds is 7. The van der Waals surface area contributed by atoms with Crippen molar-refractivity contribution in [1.29, 1.82) is 5.26 Å². The molecule has 0 saturated heterocycles. The van der Waals surface area contributed by atoms with Crippen LogP contribution in [0.3, 0.4) is 0 Å². The van der Waals surface area contributed by atoms with E-state index in [1.165, 1.54) is 0 Å².